The molecule has 0 radical (unpaired) electrons. The number of halogens is 2. The van der Waals surface area contributed by atoms with Crippen LogP contribution in [0.2, 0.25) is 0 Å². The smallest absolute Gasteiger partial charge is 0.0977 e. The van der Waals surface area contributed by atoms with Gasteiger partial charge in [0, 0.05) is 12.0 Å². The van der Waals surface area contributed by atoms with Gasteiger partial charge in [0.05, 0.1) is 31.6 Å². The average molecular weight is 273 g/mol. The van der Waals surface area contributed by atoms with E-state index in [4.69, 9.17) is 4.74 Å². The first-order chi connectivity index (χ1) is 8.74. The molecule has 2 heterocycles. The minimum Gasteiger partial charge on any atom is -0.372 e. The van der Waals surface area contributed by atoms with Gasteiger partial charge in [-0.15, -0.1) is 0 Å². The van der Waals surface area contributed by atoms with Gasteiger partial charge in [-0.25, -0.2) is 0 Å². The van der Waals surface area contributed by atoms with Crippen molar-refractivity contribution in [3.8, 4) is 0 Å². The number of morpholine rings is 1. The summed E-state index contributed by atoms with van der Waals surface area (Å²) in [5.74, 6) is 0. The molecule has 1 aromatic heterocycles. The number of hydrogen-bond donors (Lipinski definition) is 1. The third kappa shape index (κ3) is 1.80. The van der Waals surface area contributed by atoms with Gasteiger partial charge in [-0.2, -0.15) is 11.3 Å². The quantitative estimate of drug-likeness (QED) is 0.914. The fourth-order valence-corrected chi connectivity index (χ4v) is 4.02. The molecule has 100 valence electrons. The molecule has 0 bridgehead atoms. The second-order valence-electron chi connectivity index (χ2n) is 5.48. The molecule has 2 fully saturated rings. The summed E-state index contributed by atoms with van der Waals surface area (Å²) in [5.41, 5.74) is -0.0313. The number of ether oxygens (including phenoxy) is 1. The molecule has 1 spiro atoms. The third-order valence-corrected chi connectivity index (χ3v) is 4.86. The van der Waals surface area contributed by atoms with Crippen LogP contribution in [-0.4, -0.2) is 32.1 Å². The van der Waals surface area contributed by atoms with Gasteiger partial charge in [0.15, 0.2) is 0 Å². The molecule has 1 N–H and O–H groups in total. The molecule has 1 atom stereocenters. The second kappa shape index (κ2) is 4.54. The lowest BCUT2D eigenvalue weighted by molar-refractivity contribution is -0.213. The van der Waals surface area contributed by atoms with Gasteiger partial charge >= 0.3 is 0 Å². The van der Waals surface area contributed by atoms with Crippen molar-refractivity contribution in [3.05, 3.63) is 22.4 Å². The van der Waals surface area contributed by atoms with Crippen molar-refractivity contribution in [2.24, 2.45) is 5.41 Å². The molecule has 0 aromatic carbocycles. The summed E-state index contributed by atoms with van der Waals surface area (Å²) < 4.78 is 31.9. The van der Waals surface area contributed by atoms with Crippen LogP contribution in [0, 0.1) is 5.41 Å². The van der Waals surface area contributed by atoms with Crippen molar-refractivity contribution in [3.63, 3.8) is 0 Å². The molecule has 1 aromatic rings. The average Bonchev–Trinajstić information content (AvgIpc) is 2.89. The summed E-state index contributed by atoms with van der Waals surface area (Å²) in [4.78, 5) is 0. The topological polar surface area (TPSA) is 21.3 Å². The zero-order chi connectivity index (χ0) is 12.6. The Bertz CT molecular complexity index is 397. The summed E-state index contributed by atoms with van der Waals surface area (Å²) in [5, 5.41) is 7.54. The Hall–Kier alpha value is -0.520. The van der Waals surface area contributed by atoms with Crippen LogP contribution in [0.25, 0.3) is 0 Å². The number of rotatable bonds is 3. The van der Waals surface area contributed by atoms with E-state index < -0.39 is 24.4 Å². The molecule has 3 rings (SSSR count). The minimum atomic E-state index is -0.798. The highest BCUT2D eigenvalue weighted by atomic mass is 32.1. The zero-order valence-electron chi connectivity index (χ0n) is 10.1. The Balaban J connectivity index is 1.82. The maximum atomic E-state index is 13.0. The highest BCUT2D eigenvalue weighted by molar-refractivity contribution is 7.07. The molecule has 18 heavy (non-hydrogen) atoms. The van der Waals surface area contributed by atoms with Crippen molar-refractivity contribution in [2.45, 2.75) is 24.5 Å². The highest BCUT2D eigenvalue weighted by Gasteiger charge is 2.60. The minimum absolute atomic E-state index is 0.0729. The lowest BCUT2D eigenvalue weighted by Gasteiger charge is -2.58. The molecule has 1 aliphatic carbocycles. The predicted octanol–water partition coefficient (Wildman–Crippen LogP) is 2.87. The Morgan fingerprint density at radius 3 is 2.78 bits per heavy atom. The Kier molecular flexibility index (Phi) is 3.16. The molecule has 1 aliphatic heterocycles. The fraction of sp³-hybridized carbons (Fsp3) is 0.692. The first-order valence-electron chi connectivity index (χ1n) is 6.25. The van der Waals surface area contributed by atoms with Crippen LogP contribution in [0.3, 0.4) is 0 Å². The number of nitrogens with one attached hydrogen (secondary N) is 1. The summed E-state index contributed by atoms with van der Waals surface area (Å²) in [6.45, 7) is 0.228. The molecule has 1 saturated carbocycles. The number of thiophene rings is 1. The maximum absolute atomic E-state index is 13.0. The summed E-state index contributed by atoms with van der Waals surface area (Å²) in [6.07, 6.45) is 0.945. The lowest BCUT2D eigenvalue weighted by Crippen LogP contribution is -2.64. The molecule has 2 nitrogen and oxygen atoms in total. The Morgan fingerprint density at radius 1 is 1.39 bits per heavy atom. The van der Waals surface area contributed by atoms with Crippen molar-refractivity contribution in [1.82, 2.24) is 5.32 Å². The van der Waals surface area contributed by atoms with E-state index in [2.05, 4.69) is 16.8 Å². The van der Waals surface area contributed by atoms with Crippen LogP contribution in [0.15, 0.2) is 16.8 Å². The van der Waals surface area contributed by atoms with Crippen molar-refractivity contribution in [1.29, 1.82) is 0 Å². The van der Waals surface area contributed by atoms with Gasteiger partial charge in [0.25, 0.3) is 0 Å². The third-order valence-electron chi connectivity index (χ3n) is 4.16. The summed E-state index contributed by atoms with van der Waals surface area (Å²) in [6, 6.07) is 2.13. The van der Waals surface area contributed by atoms with Crippen molar-refractivity contribution < 1.29 is 13.5 Å². The van der Waals surface area contributed by atoms with Crippen LogP contribution >= 0.6 is 11.3 Å². The van der Waals surface area contributed by atoms with Gasteiger partial charge in [0.2, 0.25) is 0 Å². The van der Waals surface area contributed by atoms with E-state index in [-0.39, 0.29) is 6.04 Å². The van der Waals surface area contributed by atoms with Gasteiger partial charge in [-0.3, -0.25) is 8.78 Å². The van der Waals surface area contributed by atoms with Gasteiger partial charge < -0.3 is 10.1 Å². The number of hydrogen-bond acceptors (Lipinski definition) is 3. The predicted molar refractivity (Wildman–Crippen MR) is 67.4 cm³/mol. The maximum Gasteiger partial charge on any atom is 0.0977 e. The van der Waals surface area contributed by atoms with Crippen LogP contribution < -0.4 is 5.32 Å². The fourth-order valence-electron chi connectivity index (χ4n) is 3.34. The van der Waals surface area contributed by atoms with E-state index in [9.17, 15) is 8.78 Å². The van der Waals surface area contributed by atoms with Crippen LogP contribution in [0.1, 0.15) is 24.4 Å². The Labute approximate surface area is 109 Å². The van der Waals surface area contributed by atoms with Crippen molar-refractivity contribution in [2.75, 3.05) is 26.5 Å². The normalized spacial score (nSPS) is 29.1. The SMILES string of the molecule is FCC1(CF)CC2(C1)OCCNC2c1ccsc1. The first kappa shape index (κ1) is 12.5. The first-order valence-corrected chi connectivity index (χ1v) is 7.19. The monoisotopic (exact) mass is 273 g/mol. The van der Waals surface area contributed by atoms with E-state index in [1.165, 1.54) is 5.56 Å². The number of alkyl halides is 2. The van der Waals surface area contributed by atoms with E-state index in [1.807, 2.05) is 5.38 Å². The van der Waals surface area contributed by atoms with E-state index in [1.54, 1.807) is 11.3 Å². The van der Waals surface area contributed by atoms with Crippen LogP contribution in [0.4, 0.5) is 8.78 Å². The highest BCUT2D eigenvalue weighted by Crippen LogP contribution is 2.57. The van der Waals surface area contributed by atoms with Gasteiger partial charge in [0.1, 0.15) is 0 Å². The van der Waals surface area contributed by atoms with E-state index >= 15 is 0 Å². The molecule has 2 aliphatic rings. The Morgan fingerprint density at radius 2 is 2.17 bits per heavy atom. The van der Waals surface area contributed by atoms with E-state index in [0.717, 1.165) is 6.54 Å². The molecule has 5 heteroatoms. The van der Waals surface area contributed by atoms with E-state index in [0.29, 0.717) is 19.4 Å². The molecule has 1 saturated heterocycles. The van der Waals surface area contributed by atoms with Crippen LogP contribution in [0.5, 0.6) is 0 Å². The standard InChI is InChI=1S/C13H17F2NOS/c14-8-12(9-15)6-13(7-12)11(16-2-3-17-13)10-1-4-18-5-10/h1,4-5,11,16H,2-3,6-9H2. The zero-order valence-corrected chi connectivity index (χ0v) is 10.9. The largest absolute Gasteiger partial charge is 0.372 e. The molecule has 0 amide bonds. The second-order valence-corrected chi connectivity index (χ2v) is 6.26. The molecular formula is C13H17F2NOS. The van der Waals surface area contributed by atoms with Gasteiger partial charge in [-0.1, -0.05) is 0 Å². The molecule has 1 unspecified atom stereocenters. The summed E-state index contributed by atoms with van der Waals surface area (Å²) in [7, 11) is 0. The van der Waals surface area contributed by atoms with Crippen LogP contribution in [-0.2, 0) is 4.74 Å². The molecular weight excluding hydrogens is 256 g/mol. The van der Waals surface area contributed by atoms with Gasteiger partial charge in [-0.05, 0) is 35.2 Å². The van der Waals surface area contributed by atoms with Crippen molar-refractivity contribution >= 4 is 11.3 Å². The lowest BCUT2D eigenvalue weighted by atomic mass is 9.56. The summed E-state index contributed by atoms with van der Waals surface area (Å²) >= 11 is 1.64.